The van der Waals surface area contributed by atoms with Gasteiger partial charge in [0.25, 0.3) is 0 Å². The summed E-state index contributed by atoms with van der Waals surface area (Å²) in [5.41, 5.74) is 0. The normalized spacial score (nSPS) is 12.5. The molecule has 1 atom stereocenters. The van der Waals surface area contributed by atoms with E-state index in [1.165, 1.54) is 0 Å². The third kappa shape index (κ3) is 16.7. The largest absolute Gasteiger partial charge is 0.450 e. The van der Waals surface area contributed by atoms with Gasteiger partial charge >= 0.3 is 6.09 Å². The Kier molecular flexibility index (Phi) is 18.6. The Balaban J connectivity index is 0. The Hall–Kier alpha value is -0.770. The number of amides is 1. The van der Waals surface area contributed by atoms with Crippen molar-refractivity contribution >= 4 is 36.0 Å². The molecule has 0 bridgehead atoms. The van der Waals surface area contributed by atoms with Crippen molar-refractivity contribution in [2.45, 2.75) is 53.5 Å². The molecule has 0 spiro atoms. The second-order valence-corrected chi connectivity index (χ2v) is 6.89. The van der Waals surface area contributed by atoms with Crippen LogP contribution in [0.25, 0.3) is 0 Å². The van der Waals surface area contributed by atoms with Crippen LogP contribution in [-0.2, 0) is 9.47 Å². The summed E-state index contributed by atoms with van der Waals surface area (Å²) in [5.74, 6) is 1.76. The van der Waals surface area contributed by atoms with Crippen molar-refractivity contribution in [3.05, 3.63) is 0 Å². The molecule has 156 valence electrons. The number of nitrogens with one attached hydrogen (secondary N) is 3. The molecule has 0 aliphatic rings. The van der Waals surface area contributed by atoms with Gasteiger partial charge in [0.15, 0.2) is 5.96 Å². The van der Waals surface area contributed by atoms with Crippen LogP contribution in [0.4, 0.5) is 4.79 Å². The van der Waals surface area contributed by atoms with Gasteiger partial charge in [-0.15, -0.1) is 24.0 Å². The molecule has 0 aromatic carbocycles. The lowest BCUT2D eigenvalue weighted by Crippen LogP contribution is -2.47. The number of guanidine groups is 1. The lowest BCUT2D eigenvalue weighted by molar-refractivity contribution is 0.108. The first-order chi connectivity index (χ1) is 11.9. The zero-order valence-electron chi connectivity index (χ0n) is 17.3. The van der Waals surface area contributed by atoms with E-state index in [-0.39, 0.29) is 36.1 Å². The molecule has 26 heavy (non-hydrogen) atoms. The molecular formula is C18H39IN4O3. The van der Waals surface area contributed by atoms with E-state index < -0.39 is 0 Å². The Morgan fingerprint density at radius 2 is 1.81 bits per heavy atom. The molecular weight excluding hydrogens is 447 g/mol. The number of aliphatic imine (C=N–C) groups is 1. The van der Waals surface area contributed by atoms with E-state index in [0.717, 1.165) is 38.6 Å². The SMILES string of the molecule is CCOC(=O)NC(CNC(=NC)NCCCOCC(C)C)CC(C)C.I. The number of carbonyl (C=O) groups is 1. The second-order valence-electron chi connectivity index (χ2n) is 6.89. The molecule has 0 aromatic rings. The van der Waals surface area contributed by atoms with Gasteiger partial charge in [-0.05, 0) is 31.6 Å². The minimum Gasteiger partial charge on any atom is -0.450 e. The summed E-state index contributed by atoms with van der Waals surface area (Å²) in [5, 5.41) is 9.42. The van der Waals surface area contributed by atoms with Crippen molar-refractivity contribution in [1.29, 1.82) is 0 Å². The predicted molar refractivity (Wildman–Crippen MR) is 118 cm³/mol. The van der Waals surface area contributed by atoms with Gasteiger partial charge in [-0.25, -0.2) is 4.79 Å². The molecule has 0 fully saturated rings. The van der Waals surface area contributed by atoms with Crippen molar-refractivity contribution in [2.24, 2.45) is 16.8 Å². The Bertz CT molecular complexity index is 379. The molecule has 7 nitrogen and oxygen atoms in total. The van der Waals surface area contributed by atoms with Crippen molar-refractivity contribution in [1.82, 2.24) is 16.0 Å². The number of rotatable bonds is 12. The van der Waals surface area contributed by atoms with Gasteiger partial charge in [-0.2, -0.15) is 0 Å². The van der Waals surface area contributed by atoms with Gasteiger partial charge in [-0.3, -0.25) is 4.99 Å². The van der Waals surface area contributed by atoms with Gasteiger partial charge in [0.1, 0.15) is 0 Å². The van der Waals surface area contributed by atoms with Crippen LogP contribution in [0.1, 0.15) is 47.5 Å². The van der Waals surface area contributed by atoms with Crippen molar-refractivity contribution < 1.29 is 14.3 Å². The summed E-state index contributed by atoms with van der Waals surface area (Å²) in [6, 6.07) is -0.00743. The third-order valence-electron chi connectivity index (χ3n) is 3.30. The number of alkyl carbamates (subject to hydrolysis) is 1. The summed E-state index contributed by atoms with van der Waals surface area (Å²) in [4.78, 5) is 15.9. The molecule has 0 radical (unpaired) electrons. The molecule has 1 unspecified atom stereocenters. The van der Waals surface area contributed by atoms with Crippen LogP contribution in [0.5, 0.6) is 0 Å². The van der Waals surface area contributed by atoms with Gasteiger partial charge < -0.3 is 25.4 Å². The zero-order valence-corrected chi connectivity index (χ0v) is 19.6. The predicted octanol–water partition coefficient (Wildman–Crippen LogP) is 2.99. The van der Waals surface area contributed by atoms with Crippen LogP contribution in [0.2, 0.25) is 0 Å². The molecule has 0 saturated heterocycles. The van der Waals surface area contributed by atoms with Crippen molar-refractivity contribution in [2.75, 3.05) is 40.0 Å². The smallest absolute Gasteiger partial charge is 0.407 e. The summed E-state index contributed by atoms with van der Waals surface area (Å²) in [6.07, 6.45) is 1.41. The fraction of sp³-hybridized carbons (Fsp3) is 0.889. The number of ether oxygens (including phenoxy) is 2. The highest BCUT2D eigenvalue weighted by Crippen LogP contribution is 2.04. The molecule has 0 heterocycles. The Morgan fingerprint density at radius 3 is 2.35 bits per heavy atom. The molecule has 0 saturated carbocycles. The van der Waals surface area contributed by atoms with E-state index in [0.29, 0.717) is 25.0 Å². The lowest BCUT2D eigenvalue weighted by Gasteiger charge is -2.22. The average molecular weight is 486 g/mol. The Morgan fingerprint density at radius 1 is 1.12 bits per heavy atom. The minimum absolute atomic E-state index is 0. The van der Waals surface area contributed by atoms with Crippen LogP contribution in [0.3, 0.4) is 0 Å². The number of halogens is 1. The van der Waals surface area contributed by atoms with Gasteiger partial charge in [0, 0.05) is 39.4 Å². The van der Waals surface area contributed by atoms with Gasteiger partial charge in [0.2, 0.25) is 0 Å². The number of carbonyl (C=O) groups excluding carboxylic acids is 1. The van der Waals surface area contributed by atoms with Gasteiger partial charge in [0.05, 0.1) is 6.61 Å². The topological polar surface area (TPSA) is 84.0 Å². The first kappa shape index (κ1) is 27.4. The van der Waals surface area contributed by atoms with E-state index in [4.69, 9.17) is 9.47 Å². The number of nitrogens with zero attached hydrogens (tertiary/aromatic N) is 1. The molecule has 0 aliphatic carbocycles. The van der Waals surface area contributed by atoms with E-state index in [1.807, 2.05) is 0 Å². The molecule has 0 rings (SSSR count). The lowest BCUT2D eigenvalue weighted by atomic mass is 10.0. The maximum absolute atomic E-state index is 11.6. The van der Waals surface area contributed by atoms with E-state index in [2.05, 4.69) is 48.6 Å². The van der Waals surface area contributed by atoms with Crippen LogP contribution in [0, 0.1) is 11.8 Å². The molecule has 1 amide bonds. The third-order valence-corrected chi connectivity index (χ3v) is 3.30. The standard InChI is InChI=1S/C18H38N4O3.HI/c1-7-25-18(23)22-16(11-14(2)3)12-21-17(19-6)20-9-8-10-24-13-15(4)5;/h14-16H,7-13H2,1-6H3,(H,22,23)(H2,19,20,21);1H. The van der Waals surface area contributed by atoms with Gasteiger partial charge in [-0.1, -0.05) is 27.7 Å². The second kappa shape index (κ2) is 17.6. The minimum atomic E-state index is -0.375. The first-order valence-corrected chi connectivity index (χ1v) is 9.34. The summed E-state index contributed by atoms with van der Waals surface area (Å²) in [7, 11) is 1.74. The highest BCUT2D eigenvalue weighted by Gasteiger charge is 2.15. The van der Waals surface area contributed by atoms with E-state index in [1.54, 1.807) is 14.0 Å². The molecule has 8 heteroatoms. The highest BCUT2D eigenvalue weighted by atomic mass is 127. The van der Waals surface area contributed by atoms with Crippen LogP contribution >= 0.6 is 24.0 Å². The summed E-state index contributed by atoms with van der Waals surface area (Å²) < 4.78 is 10.5. The summed E-state index contributed by atoms with van der Waals surface area (Å²) in [6.45, 7) is 13.6. The first-order valence-electron chi connectivity index (χ1n) is 9.34. The highest BCUT2D eigenvalue weighted by molar-refractivity contribution is 14.0. The Labute approximate surface area is 176 Å². The van der Waals surface area contributed by atoms with Crippen LogP contribution in [0.15, 0.2) is 4.99 Å². The molecule has 0 aliphatic heterocycles. The van der Waals surface area contributed by atoms with Crippen LogP contribution < -0.4 is 16.0 Å². The zero-order chi connectivity index (χ0) is 19.1. The average Bonchev–Trinajstić information content (AvgIpc) is 2.52. The van der Waals surface area contributed by atoms with E-state index >= 15 is 0 Å². The molecule has 3 N–H and O–H groups in total. The quantitative estimate of drug-likeness (QED) is 0.171. The number of hydrogen-bond donors (Lipinski definition) is 3. The monoisotopic (exact) mass is 486 g/mol. The van der Waals surface area contributed by atoms with E-state index in [9.17, 15) is 4.79 Å². The maximum Gasteiger partial charge on any atom is 0.407 e. The van der Waals surface area contributed by atoms with Crippen molar-refractivity contribution in [3.8, 4) is 0 Å². The fourth-order valence-corrected chi connectivity index (χ4v) is 2.24. The molecule has 0 aromatic heterocycles. The summed E-state index contributed by atoms with van der Waals surface area (Å²) >= 11 is 0. The fourth-order valence-electron chi connectivity index (χ4n) is 2.24. The van der Waals surface area contributed by atoms with Crippen molar-refractivity contribution in [3.63, 3.8) is 0 Å². The number of hydrogen-bond acceptors (Lipinski definition) is 4. The maximum atomic E-state index is 11.6. The van der Waals surface area contributed by atoms with Crippen LogP contribution in [-0.4, -0.2) is 58.1 Å².